The minimum Gasteiger partial charge on any atom is -0.490 e. The summed E-state index contributed by atoms with van der Waals surface area (Å²) in [5.74, 6) is 0.0681. The van der Waals surface area contributed by atoms with Crippen molar-refractivity contribution in [1.82, 2.24) is 0 Å². The van der Waals surface area contributed by atoms with E-state index in [1.807, 2.05) is 24.3 Å². The van der Waals surface area contributed by atoms with Crippen molar-refractivity contribution in [2.75, 3.05) is 19.0 Å². The maximum atomic E-state index is 11.9. The lowest BCUT2D eigenvalue weighted by Gasteiger charge is -2.09. The van der Waals surface area contributed by atoms with E-state index in [9.17, 15) is 14.9 Å². The van der Waals surface area contributed by atoms with Gasteiger partial charge in [-0.05, 0) is 30.2 Å². The lowest BCUT2D eigenvalue weighted by atomic mass is 10.1. The number of hydrogen-bond acceptors (Lipinski definition) is 5. The number of benzene rings is 2. The number of methoxy groups -OCH3 is 1. The third kappa shape index (κ3) is 4.45. The van der Waals surface area contributed by atoms with E-state index in [2.05, 4.69) is 12.2 Å². The van der Waals surface area contributed by atoms with Crippen molar-refractivity contribution in [3.05, 3.63) is 58.1 Å². The highest BCUT2D eigenvalue weighted by atomic mass is 16.6. The zero-order chi connectivity index (χ0) is 17.5. The van der Waals surface area contributed by atoms with Crippen molar-refractivity contribution in [1.29, 1.82) is 0 Å². The molecular weight excluding hydrogens is 312 g/mol. The molecule has 0 fully saturated rings. The fourth-order valence-corrected chi connectivity index (χ4v) is 2.07. The Morgan fingerprint density at radius 1 is 1.21 bits per heavy atom. The molecule has 7 heteroatoms. The van der Waals surface area contributed by atoms with Gasteiger partial charge < -0.3 is 14.8 Å². The van der Waals surface area contributed by atoms with Crippen molar-refractivity contribution in [2.24, 2.45) is 0 Å². The van der Waals surface area contributed by atoms with Crippen LogP contribution in [0.1, 0.15) is 12.5 Å². The third-order valence-electron chi connectivity index (χ3n) is 3.36. The summed E-state index contributed by atoms with van der Waals surface area (Å²) in [5, 5.41) is 13.5. The van der Waals surface area contributed by atoms with E-state index in [-0.39, 0.29) is 24.0 Å². The molecule has 0 saturated heterocycles. The fourth-order valence-electron chi connectivity index (χ4n) is 2.07. The summed E-state index contributed by atoms with van der Waals surface area (Å²) in [5.41, 5.74) is 1.70. The highest BCUT2D eigenvalue weighted by Gasteiger charge is 2.15. The van der Waals surface area contributed by atoms with Gasteiger partial charge in [0.15, 0.2) is 6.61 Å². The van der Waals surface area contributed by atoms with Crippen LogP contribution in [0.25, 0.3) is 0 Å². The number of hydrogen-bond donors (Lipinski definition) is 1. The summed E-state index contributed by atoms with van der Waals surface area (Å²) in [6.45, 7) is 1.84. The van der Waals surface area contributed by atoms with Crippen LogP contribution in [-0.4, -0.2) is 24.5 Å². The van der Waals surface area contributed by atoms with Gasteiger partial charge in [-0.1, -0.05) is 19.1 Å². The van der Waals surface area contributed by atoms with Crippen LogP contribution < -0.4 is 14.8 Å². The number of nitrogens with zero attached hydrogens (tertiary/aromatic N) is 1. The number of rotatable bonds is 7. The highest BCUT2D eigenvalue weighted by Crippen LogP contribution is 2.30. The van der Waals surface area contributed by atoms with Crippen molar-refractivity contribution >= 4 is 17.3 Å². The van der Waals surface area contributed by atoms with E-state index < -0.39 is 4.92 Å². The van der Waals surface area contributed by atoms with Crippen LogP contribution in [0.3, 0.4) is 0 Å². The molecule has 1 amide bonds. The Morgan fingerprint density at radius 2 is 1.92 bits per heavy atom. The van der Waals surface area contributed by atoms with Gasteiger partial charge >= 0.3 is 5.69 Å². The van der Waals surface area contributed by atoms with E-state index in [0.29, 0.717) is 11.4 Å². The monoisotopic (exact) mass is 330 g/mol. The zero-order valence-electron chi connectivity index (χ0n) is 13.4. The number of ether oxygens (including phenoxy) is 2. The fraction of sp³-hybridized carbons (Fsp3) is 0.235. The largest absolute Gasteiger partial charge is 0.490 e. The molecule has 0 aliphatic carbocycles. The quantitative estimate of drug-likeness (QED) is 0.622. The Balaban J connectivity index is 1.94. The molecule has 0 saturated carbocycles. The number of amides is 1. The van der Waals surface area contributed by atoms with Crippen LogP contribution in [0.5, 0.6) is 11.5 Å². The predicted molar refractivity (Wildman–Crippen MR) is 89.6 cm³/mol. The molecule has 0 aliphatic rings. The molecule has 0 unspecified atom stereocenters. The van der Waals surface area contributed by atoms with Crippen molar-refractivity contribution in [2.45, 2.75) is 13.3 Å². The Bertz CT molecular complexity index is 728. The molecule has 0 bridgehead atoms. The number of nitro groups is 1. The first-order valence-electron chi connectivity index (χ1n) is 7.37. The van der Waals surface area contributed by atoms with Gasteiger partial charge in [0.25, 0.3) is 5.91 Å². The zero-order valence-corrected chi connectivity index (χ0v) is 13.4. The van der Waals surface area contributed by atoms with E-state index in [1.54, 1.807) is 0 Å². The maximum Gasteiger partial charge on any atom is 0.311 e. The number of anilines is 1. The van der Waals surface area contributed by atoms with Crippen LogP contribution >= 0.6 is 0 Å². The van der Waals surface area contributed by atoms with Crippen LogP contribution in [0.2, 0.25) is 0 Å². The summed E-state index contributed by atoms with van der Waals surface area (Å²) in [7, 11) is 1.33. The van der Waals surface area contributed by atoms with Crippen LogP contribution in [-0.2, 0) is 11.2 Å². The standard InChI is InChI=1S/C17H18N2O5/c1-3-12-4-6-13(7-5-12)18-17(20)11-24-14-8-9-15(19(21)22)16(10-14)23-2/h4-10H,3,11H2,1-2H3,(H,18,20). The van der Waals surface area contributed by atoms with Crippen molar-refractivity contribution in [3.63, 3.8) is 0 Å². The van der Waals surface area contributed by atoms with Crippen molar-refractivity contribution < 1.29 is 19.2 Å². The molecule has 7 nitrogen and oxygen atoms in total. The molecule has 0 aliphatic heterocycles. The summed E-state index contributed by atoms with van der Waals surface area (Å²) in [4.78, 5) is 22.2. The Morgan fingerprint density at radius 3 is 2.50 bits per heavy atom. The number of nitro benzene ring substituents is 1. The van der Waals surface area contributed by atoms with Crippen LogP contribution in [0.15, 0.2) is 42.5 Å². The van der Waals surface area contributed by atoms with Gasteiger partial charge in [0.1, 0.15) is 5.75 Å². The molecule has 2 aromatic carbocycles. The van der Waals surface area contributed by atoms with Gasteiger partial charge in [-0.25, -0.2) is 0 Å². The molecule has 0 aromatic heterocycles. The number of carbonyl (C=O) groups is 1. The summed E-state index contributed by atoms with van der Waals surface area (Å²) in [6.07, 6.45) is 0.930. The maximum absolute atomic E-state index is 11.9. The summed E-state index contributed by atoms with van der Waals surface area (Å²) >= 11 is 0. The molecular formula is C17H18N2O5. The van der Waals surface area contributed by atoms with Crippen LogP contribution in [0.4, 0.5) is 11.4 Å². The minimum absolute atomic E-state index is 0.0769. The molecule has 0 radical (unpaired) electrons. The first-order valence-corrected chi connectivity index (χ1v) is 7.37. The van der Waals surface area contributed by atoms with Gasteiger partial charge in [0.2, 0.25) is 5.75 Å². The summed E-state index contributed by atoms with van der Waals surface area (Å²) < 4.78 is 10.3. The molecule has 2 rings (SSSR count). The molecule has 0 atom stereocenters. The molecule has 1 N–H and O–H groups in total. The molecule has 24 heavy (non-hydrogen) atoms. The van der Waals surface area contributed by atoms with Gasteiger partial charge in [-0.2, -0.15) is 0 Å². The normalized spacial score (nSPS) is 10.1. The second kappa shape index (κ2) is 7.96. The van der Waals surface area contributed by atoms with Gasteiger partial charge in [-0.3, -0.25) is 14.9 Å². The van der Waals surface area contributed by atoms with Gasteiger partial charge in [0.05, 0.1) is 12.0 Å². The molecule has 0 spiro atoms. The third-order valence-corrected chi connectivity index (χ3v) is 3.36. The van der Waals surface area contributed by atoms with Gasteiger partial charge in [0, 0.05) is 17.8 Å². The lowest BCUT2D eigenvalue weighted by Crippen LogP contribution is -2.20. The number of nitrogens with one attached hydrogen (secondary N) is 1. The summed E-state index contributed by atoms with van der Waals surface area (Å²) in [6, 6.07) is 11.6. The van der Waals surface area contributed by atoms with E-state index in [1.165, 1.54) is 30.9 Å². The predicted octanol–water partition coefficient (Wildman–Crippen LogP) is 3.18. The molecule has 0 heterocycles. The van der Waals surface area contributed by atoms with Crippen molar-refractivity contribution in [3.8, 4) is 11.5 Å². The first kappa shape index (κ1) is 17.3. The Kier molecular flexibility index (Phi) is 5.73. The Hall–Kier alpha value is -3.09. The first-order chi connectivity index (χ1) is 11.5. The average Bonchev–Trinajstić information content (AvgIpc) is 2.60. The topological polar surface area (TPSA) is 90.7 Å². The number of carbonyl (C=O) groups excluding carboxylic acids is 1. The number of aryl methyl sites for hydroxylation is 1. The van der Waals surface area contributed by atoms with Gasteiger partial charge in [-0.15, -0.1) is 0 Å². The van der Waals surface area contributed by atoms with Crippen LogP contribution in [0, 0.1) is 10.1 Å². The smallest absolute Gasteiger partial charge is 0.311 e. The molecule has 2 aromatic rings. The second-order valence-corrected chi connectivity index (χ2v) is 4.98. The average molecular weight is 330 g/mol. The van der Waals surface area contributed by atoms with E-state index in [4.69, 9.17) is 9.47 Å². The second-order valence-electron chi connectivity index (χ2n) is 4.98. The lowest BCUT2D eigenvalue weighted by molar-refractivity contribution is -0.385. The minimum atomic E-state index is -0.546. The Labute approximate surface area is 139 Å². The highest BCUT2D eigenvalue weighted by molar-refractivity contribution is 5.91. The van der Waals surface area contributed by atoms with E-state index in [0.717, 1.165) is 6.42 Å². The SMILES string of the molecule is CCc1ccc(NC(=O)COc2ccc([N+](=O)[O-])c(OC)c2)cc1. The van der Waals surface area contributed by atoms with E-state index >= 15 is 0 Å². The molecule has 126 valence electrons.